The molecule has 3 aliphatic rings. The molecule has 0 aliphatic carbocycles. The van der Waals surface area contributed by atoms with Gasteiger partial charge in [0.1, 0.15) is 6.04 Å². The second kappa shape index (κ2) is 9.28. The lowest BCUT2D eigenvalue weighted by molar-refractivity contribution is -0.142. The van der Waals surface area contributed by atoms with Crippen molar-refractivity contribution in [3.8, 4) is 0 Å². The van der Waals surface area contributed by atoms with Crippen molar-refractivity contribution in [1.29, 1.82) is 0 Å². The van der Waals surface area contributed by atoms with Crippen LogP contribution in [0.2, 0.25) is 0 Å². The number of hydrogen-bond acceptors (Lipinski definition) is 5. The summed E-state index contributed by atoms with van der Waals surface area (Å²) in [5, 5.41) is 0. The van der Waals surface area contributed by atoms with Crippen molar-refractivity contribution in [2.45, 2.75) is 74.9 Å². The number of hydrogen-bond donors (Lipinski definition) is 2. The molecule has 4 rings (SSSR count). The fourth-order valence-corrected chi connectivity index (χ4v) is 6.42. The molecule has 1 aromatic carbocycles. The molecule has 3 aliphatic heterocycles. The molecule has 3 fully saturated rings. The fourth-order valence-electron chi connectivity index (χ4n) is 5.00. The molecule has 2 amide bonds. The zero-order chi connectivity index (χ0) is 21.1. The molecule has 0 saturated carbocycles. The molecular formula is C23H34N4O2S. The van der Waals surface area contributed by atoms with Crippen molar-refractivity contribution < 1.29 is 9.59 Å². The van der Waals surface area contributed by atoms with Crippen molar-refractivity contribution in [1.82, 2.24) is 20.7 Å². The topological polar surface area (TPSA) is 64.7 Å². The van der Waals surface area contributed by atoms with Crippen LogP contribution in [0.15, 0.2) is 30.3 Å². The maximum Gasteiger partial charge on any atom is 0.246 e. The van der Waals surface area contributed by atoms with E-state index in [0.717, 1.165) is 50.8 Å². The van der Waals surface area contributed by atoms with Crippen molar-refractivity contribution in [3.63, 3.8) is 0 Å². The second-order valence-corrected chi connectivity index (χ2v) is 10.6. The van der Waals surface area contributed by atoms with Crippen LogP contribution in [0, 0.1) is 0 Å². The Morgan fingerprint density at radius 1 is 1.23 bits per heavy atom. The molecule has 7 heteroatoms. The van der Waals surface area contributed by atoms with Crippen LogP contribution in [0.5, 0.6) is 0 Å². The van der Waals surface area contributed by atoms with E-state index < -0.39 is 0 Å². The number of nitrogens with one attached hydrogen (secondary N) is 2. The minimum Gasteiger partial charge on any atom is -0.344 e. The van der Waals surface area contributed by atoms with Gasteiger partial charge in [-0.25, -0.2) is 0 Å². The van der Waals surface area contributed by atoms with Crippen molar-refractivity contribution in [3.05, 3.63) is 35.9 Å². The average molecular weight is 431 g/mol. The zero-order valence-corrected chi connectivity index (χ0v) is 18.9. The first-order valence-electron chi connectivity index (χ1n) is 11.2. The molecule has 4 unspecified atom stereocenters. The summed E-state index contributed by atoms with van der Waals surface area (Å²) in [5.41, 5.74) is 8.19. The lowest BCUT2D eigenvalue weighted by Gasteiger charge is -2.32. The zero-order valence-electron chi connectivity index (χ0n) is 18.1. The van der Waals surface area contributed by atoms with E-state index in [1.54, 1.807) is 11.8 Å². The molecule has 0 bridgehead atoms. The molecule has 1 aromatic rings. The minimum atomic E-state index is -0.274. The van der Waals surface area contributed by atoms with Gasteiger partial charge in [0.25, 0.3) is 0 Å². The molecule has 2 N–H and O–H groups in total. The summed E-state index contributed by atoms with van der Waals surface area (Å²) in [6.07, 6.45) is 6.98. The summed E-state index contributed by atoms with van der Waals surface area (Å²) >= 11 is 1.76. The molecule has 3 saturated heterocycles. The van der Waals surface area contributed by atoms with Gasteiger partial charge in [-0.1, -0.05) is 43.2 Å². The standard InChI is InChI=1S/C23H34N4O2S/c1-23-13-12-21(28)27(23)20(16-30-23)22(29)26(2)14-8-4-7-11-18-15-19(25-24-18)17-9-5-3-6-10-17/h3,5-6,9-10,18-20,24-25H,4,7-8,11-16H2,1-2H3. The smallest absolute Gasteiger partial charge is 0.246 e. The second-order valence-electron chi connectivity index (χ2n) is 9.06. The van der Waals surface area contributed by atoms with Gasteiger partial charge in [0, 0.05) is 37.8 Å². The predicted molar refractivity (Wildman–Crippen MR) is 121 cm³/mol. The van der Waals surface area contributed by atoms with Crippen LogP contribution < -0.4 is 10.9 Å². The summed E-state index contributed by atoms with van der Waals surface area (Å²) in [4.78, 5) is 28.7. The molecule has 164 valence electrons. The number of thioether (sulfide) groups is 1. The van der Waals surface area contributed by atoms with Crippen molar-refractivity contribution >= 4 is 23.6 Å². The highest BCUT2D eigenvalue weighted by Crippen LogP contribution is 2.47. The Morgan fingerprint density at radius 3 is 2.83 bits per heavy atom. The van der Waals surface area contributed by atoms with Gasteiger partial charge in [0.05, 0.1) is 4.87 Å². The number of likely N-dealkylation sites (N-methyl/N-ethyl adjacent to an activating group) is 1. The number of amides is 2. The maximum atomic E-state index is 12.9. The summed E-state index contributed by atoms with van der Waals surface area (Å²) in [7, 11) is 1.89. The van der Waals surface area contributed by atoms with Crippen LogP contribution in [-0.4, -0.2) is 57.9 Å². The first-order valence-corrected chi connectivity index (χ1v) is 12.2. The summed E-state index contributed by atoms with van der Waals surface area (Å²) in [5.74, 6) is 0.975. The Hall–Kier alpha value is -1.57. The summed E-state index contributed by atoms with van der Waals surface area (Å²) in [6, 6.07) is 11.2. The maximum absolute atomic E-state index is 12.9. The Bertz CT molecular complexity index is 761. The van der Waals surface area contributed by atoms with Crippen LogP contribution in [0.4, 0.5) is 0 Å². The fraction of sp³-hybridized carbons (Fsp3) is 0.652. The van der Waals surface area contributed by atoms with Gasteiger partial charge in [-0.05, 0) is 38.2 Å². The van der Waals surface area contributed by atoms with Gasteiger partial charge in [-0.15, -0.1) is 11.8 Å². The third-order valence-electron chi connectivity index (χ3n) is 6.84. The van der Waals surface area contributed by atoms with E-state index in [-0.39, 0.29) is 22.7 Å². The normalized spacial score (nSPS) is 30.7. The highest BCUT2D eigenvalue weighted by Gasteiger charge is 2.53. The van der Waals surface area contributed by atoms with Crippen LogP contribution in [0.1, 0.15) is 63.5 Å². The molecule has 6 nitrogen and oxygen atoms in total. The Labute approximate surface area is 184 Å². The highest BCUT2D eigenvalue weighted by atomic mass is 32.2. The number of unbranched alkanes of at least 4 members (excludes halogenated alkanes) is 2. The molecule has 4 atom stereocenters. The lowest BCUT2D eigenvalue weighted by Crippen LogP contribution is -2.50. The Kier molecular flexibility index (Phi) is 6.70. The number of fused-ring (bicyclic) bond motifs is 1. The predicted octanol–water partition coefficient (Wildman–Crippen LogP) is 3.07. The van der Waals surface area contributed by atoms with Gasteiger partial charge in [-0.3, -0.25) is 20.4 Å². The largest absolute Gasteiger partial charge is 0.344 e. The summed E-state index contributed by atoms with van der Waals surface area (Å²) < 4.78 is 0. The van der Waals surface area contributed by atoms with Gasteiger partial charge < -0.3 is 9.80 Å². The van der Waals surface area contributed by atoms with Gasteiger partial charge in [0.15, 0.2) is 0 Å². The number of rotatable bonds is 8. The van der Waals surface area contributed by atoms with E-state index in [4.69, 9.17) is 0 Å². The summed E-state index contributed by atoms with van der Waals surface area (Å²) in [6.45, 7) is 2.87. The molecule has 0 aromatic heterocycles. The molecule has 0 spiro atoms. The third-order valence-corrected chi connectivity index (χ3v) is 8.34. The first kappa shape index (κ1) is 21.7. The molecule has 3 heterocycles. The van der Waals surface area contributed by atoms with E-state index in [1.807, 2.05) is 16.8 Å². The number of nitrogens with zero attached hydrogens (tertiary/aromatic N) is 2. The van der Waals surface area contributed by atoms with Crippen molar-refractivity contribution in [2.75, 3.05) is 19.3 Å². The van der Waals surface area contributed by atoms with E-state index in [0.29, 0.717) is 18.5 Å². The SMILES string of the molecule is CN(CCCCCC1CC(c2ccccc2)NN1)C(=O)C1CSC2(C)CCC(=O)N12. The molecule has 0 radical (unpaired) electrons. The van der Waals surface area contributed by atoms with E-state index >= 15 is 0 Å². The first-order chi connectivity index (χ1) is 14.5. The van der Waals surface area contributed by atoms with Crippen LogP contribution in [-0.2, 0) is 9.59 Å². The van der Waals surface area contributed by atoms with E-state index in [1.165, 1.54) is 5.56 Å². The number of carbonyl (C=O) groups is 2. The molecule has 30 heavy (non-hydrogen) atoms. The van der Waals surface area contributed by atoms with E-state index in [9.17, 15) is 9.59 Å². The van der Waals surface area contributed by atoms with Crippen LogP contribution in [0.3, 0.4) is 0 Å². The highest BCUT2D eigenvalue weighted by molar-refractivity contribution is 8.01. The van der Waals surface area contributed by atoms with Gasteiger partial charge in [0.2, 0.25) is 11.8 Å². The number of carbonyl (C=O) groups excluding carboxylic acids is 2. The van der Waals surface area contributed by atoms with Crippen LogP contribution in [0.25, 0.3) is 0 Å². The monoisotopic (exact) mass is 430 g/mol. The number of hydrazine groups is 1. The van der Waals surface area contributed by atoms with Crippen LogP contribution >= 0.6 is 11.8 Å². The van der Waals surface area contributed by atoms with Gasteiger partial charge in [-0.2, -0.15) is 0 Å². The average Bonchev–Trinajstić information content (AvgIpc) is 3.43. The Morgan fingerprint density at radius 2 is 2.03 bits per heavy atom. The van der Waals surface area contributed by atoms with E-state index in [2.05, 4.69) is 48.1 Å². The minimum absolute atomic E-state index is 0.105. The quantitative estimate of drug-likeness (QED) is 0.621. The molecular weight excluding hydrogens is 396 g/mol. The Balaban J connectivity index is 1.14. The number of benzene rings is 1. The van der Waals surface area contributed by atoms with Crippen molar-refractivity contribution in [2.24, 2.45) is 0 Å². The third kappa shape index (κ3) is 4.53. The van der Waals surface area contributed by atoms with Gasteiger partial charge >= 0.3 is 0 Å². The lowest BCUT2D eigenvalue weighted by atomic mass is 9.99.